The van der Waals surface area contributed by atoms with Gasteiger partial charge in [0.1, 0.15) is 18.2 Å². The number of nitrogens with zero attached hydrogens (tertiary/aromatic N) is 1. The topological polar surface area (TPSA) is 60.5 Å². The molecular weight excluding hydrogens is 336 g/mol. The number of hydrogen-bond acceptors (Lipinski definition) is 5. The molecule has 25 heavy (non-hydrogen) atoms. The highest BCUT2D eigenvalue weighted by atomic mass is 32.1. The number of hydrogen-bond donors (Lipinski definition) is 1. The summed E-state index contributed by atoms with van der Waals surface area (Å²) in [6.45, 7) is 1.42. The normalized spacial score (nSPS) is 12.6. The second-order valence-corrected chi connectivity index (χ2v) is 6.41. The van der Waals surface area contributed by atoms with Crippen LogP contribution in [0.4, 0.5) is 0 Å². The van der Waals surface area contributed by atoms with Gasteiger partial charge in [-0.3, -0.25) is 4.79 Å². The zero-order chi connectivity index (χ0) is 17.1. The van der Waals surface area contributed by atoms with E-state index in [4.69, 9.17) is 9.47 Å². The Labute approximate surface area is 149 Å². The van der Waals surface area contributed by atoms with E-state index >= 15 is 0 Å². The molecule has 5 nitrogen and oxygen atoms in total. The van der Waals surface area contributed by atoms with Crippen LogP contribution in [-0.2, 0) is 6.54 Å². The van der Waals surface area contributed by atoms with Gasteiger partial charge < -0.3 is 14.8 Å². The maximum absolute atomic E-state index is 12.3. The maximum atomic E-state index is 12.3. The fraction of sp³-hybridized carbons (Fsp3) is 0.158. The van der Waals surface area contributed by atoms with Gasteiger partial charge in [0.25, 0.3) is 5.91 Å². The van der Waals surface area contributed by atoms with E-state index in [0.29, 0.717) is 36.8 Å². The Morgan fingerprint density at radius 2 is 1.88 bits per heavy atom. The molecule has 0 aliphatic carbocycles. The van der Waals surface area contributed by atoms with E-state index in [-0.39, 0.29) is 5.91 Å². The number of benzene rings is 2. The van der Waals surface area contributed by atoms with Gasteiger partial charge in [-0.1, -0.05) is 30.3 Å². The van der Waals surface area contributed by atoms with Crippen LogP contribution in [-0.4, -0.2) is 24.1 Å². The number of ether oxygens (including phenoxy) is 2. The Bertz CT molecular complexity index is 893. The summed E-state index contributed by atoms with van der Waals surface area (Å²) in [5, 5.41) is 5.81. The van der Waals surface area contributed by atoms with Crippen LogP contribution in [0.1, 0.15) is 16.1 Å². The van der Waals surface area contributed by atoms with Gasteiger partial charge in [0, 0.05) is 16.5 Å². The van der Waals surface area contributed by atoms with E-state index in [9.17, 15) is 4.79 Å². The number of carbonyl (C=O) groups is 1. The molecule has 2 heterocycles. The van der Waals surface area contributed by atoms with Gasteiger partial charge >= 0.3 is 0 Å². The van der Waals surface area contributed by atoms with E-state index < -0.39 is 0 Å². The molecule has 1 aromatic heterocycles. The summed E-state index contributed by atoms with van der Waals surface area (Å²) < 4.78 is 11.0. The van der Waals surface area contributed by atoms with E-state index in [0.717, 1.165) is 16.3 Å². The monoisotopic (exact) mass is 352 g/mol. The van der Waals surface area contributed by atoms with Crippen molar-refractivity contribution in [2.45, 2.75) is 6.54 Å². The Balaban J connectivity index is 1.41. The maximum Gasteiger partial charge on any atom is 0.251 e. The van der Waals surface area contributed by atoms with Crippen LogP contribution in [0.5, 0.6) is 11.5 Å². The second-order valence-electron chi connectivity index (χ2n) is 5.55. The number of amides is 1. The highest BCUT2D eigenvalue weighted by Crippen LogP contribution is 2.30. The Morgan fingerprint density at radius 1 is 1.08 bits per heavy atom. The largest absolute Gasteiger partial charge is 0.486 e. The minimum atomic E-state index is -0.161. The lowest BCUT2D eigenvalue weighted by atomic mass is 10.2. The van der Waals surface area contributed by atoms with Crippen molar-refractivity contribution in [3.8, 4) is 22.1 Å². The van der Waals surface area contributed by atoms with Gasteiger partial charge in [0.15, 0.2) is 11.5 Å². The molecule has 4 rings (SSSR count). The third-order valence-electron chi connectivity index (χ3n) is 3.81. The van der Waals surface area contributed by atoms with E-state index in [1.54, 1.807) is 29.5 Å². The molecule has 1 aliphatic heterocycles. The molecule has 1 N–H and O–H groups in total. The number of nitrogens with one attached hydrogen (secondary N) is 1. The molecule has 0 bridgehead atoms. The molecular formula is C19H16N2O3S. The zero-order valence-corrected chi connectivity index (χ0v) is 14.2. The zero-order valence-electron chi connectivity index (χ0n) is 13.4. The standard InChI is InChI=1S/C19H16N2O3S/c22-18(14-6-7-16-17(10-14)24-9-8-23-16)20-11-15-12-25-19(21-15)13-4-2-1-3-5-13/h1-7,10,12H,8-9,11H2,(H,20,22). The molecule has 2 aromatic carbocycles. The van der Waals surface area contributed by atoms with Crippen LogP contribution in [0.2, 0.25) is 0 Å². The smallest absolute Gasteiger partial charge is 0.251 e. The number of carbonyl (C=O) groups excluding carboxylic acids is 1. The number of aromatic nitrogens is 1. The van der Waals surface area contributed by atoms with Gasteiger partial charge in [0.05, 0.1) is 12.2 Å². The second kappa shape index (κ2) is 6.94. The van der Waals surface area contributed by atoms with Crippen molar-refractivity contribution in [2.24, 2.45) is 0 Å². The minimum absolute atomic E-state index is 0.161. The number of fused-ring (bicyclic) bond motifs is 1. The lowest BCUT2D eigenvalue weighted by Gasteiger charge is -2.18. The van der Waals surface area contributed by atoms with Crippen LogP contribution in [0.25, 0.3) is 10.6 Å². The molecule has 0 saturated heterocycles. The molecule has 0 unspecified atom stereocenters. The highest BCUT2D eigenvalue weighted by Gasteiger charge is 2.15. The predicted molar refractivity (Wildman–Crippen MR) is 96.2 cm³/mol. The molecule has 1 aliphatic rings. The Morgan fingerprint density at radius 3 is 2.72 bits per heavy atom. The molecule has 0 fully saturated rings. The number of thiazole rings is 1. The molecule has 0 atom stereocenters. The van der Waals surface area contributed by atoms with Gasteiger partial charge in [-0.25, -0.2) is 4.98 Å². The average molecular weight is 352 g/mol. The molecule has 3 aromatic rings. The third kappa shape index (κ3) is 3.49. The molecule has 126 valence electrons. The van der Waals surface area contributed by atoms with Crippen LogP contribution in [0, 0.1) is 0 Å². The van der Waals surface area contributed by atoms with Gasteiger partial charge in [-0.2, -0.15) is 0 Å². The quantitative estimate of drug-likeness (QED) is 0.781. The van der Waals surface area contributed by atoms with Crippen LogP contribution in [0.3, 0.4) is 0 Å². The first kappa shape index (κ1) is 15.7. The van der Waals surface area contributed by atoms with Gasteiger partial charge in [-0.05, 0) is 18.2 Å². The van der Waals surface area contributed by atoms with Crippen LogP contribution in [0.15, 0.2) is 53.9 Å². The van der Waals surface area contributed by atoms with Crippen molar-refractivity contribution in [3.05, 3.63) is 65.2 Å². The first-order valence-electron chi connectivity index (χ1n) is 7.97. The fourth-order valence-electron chi connectivity index (χ4n) is 2.56. The van der Waals surface area contributed by atoms with Crippen molar-refractivity contribution >= 4 is 17.2 Å². The fourth-order valence-corrected chi connectivity index (χ4v) is 3.38. The third-order valence-corrected chi connectivity index (χ3v) is 4.75. The minimum Gasteiger partial charge on any atom is -0.486 e. The van der Waals surface area contributed by atoms with Crippen LogP contribution >= 0.6 is 11.3 Å². The predicted octanol–water partition coefficient (Wildman–Crippen LogP) is 3.51. The summed E-state index contributed by atoms with van der Waals surface area (Å²) in [5.41, 5.74) is 2.47. The Hall–Kier alpha value is -2.86. The van der Waals surface area contributed by atoms with Gasteiger partial charge in [0.2, 0.25) is 0 Å². The van der Waals surface area contributed by atoms with Crippen molar-refractivity contribution in [1.82, 2.24) is 10.3 Å². The number of rotatable bonds is 4. The summed E-state index contributed by atoms with van der Waals surface area (Å²) >= 11 is 1.57. The van der Waals surface area contributed by atoms with Gasteiger partial charge in [-0.15, -0.1) is 11.3 Å². The summed E-state index contributed by atoms with van der Waals surface area (Å²) in [5.74, 6) is 1.12. The Kier molecular flexibility index (Phi) is 4.35. The summed E-state index contributed by atoms with van der Waals surface area (Å²) in [7, 11) is 0. The molecule has 0 spiro atoms. The van der Waals surface area contributed by atoms with E-state index in [2.05, 4.69) is 10.3 Å². The SMILES string of the molecule is O=C(NCc1csc(-c2ccccc2)n1)c1ccc2c(c1)OCCO2. The highest BCUT2D eigenvalue weighted by molar-refractivity contribution is 7.13. The summed E-state index contributed by atoms with van der Waals surface area (Å²) in [4.78, 5) is 16.9. The molecule has 0 radical (unpaired) electrons. The first-order chi connectivity index (χ1) is 12.3. The molecule has 0 saturated carbocycles. The summed E-state index contributed by atoms with van der Waals surface area (Å²) in [6, 6.07) is 15.2. The van der Waals surface area contributed by atoms with Crippen molar-refractivity contribution < 1.29 is 14.3 Å². The van der Waals surface area contributed by atoms with Crippen molar-refractivity contribution in [1.29, 1.82) is 0 Å². The van der Waals surface area contributed by atoms with Crippen molar-refractivity contribution in [2.75, 3.05) is 13.2 Å². The molecule has 1 amide bonds. The van der Waals surface area contributed by atoms with Crippen molar-refractivity contribution in [3.63, 3.8) is 0 Å². The lowest BCUT2D eigenvalue weighted by Crippen LogP contribution is -2.23. The first-order valence-corrected chi connectivity index (χ1v) is 8.85. The van der Waals surface area contributed by atoms with E-state index in [1.165, 1.54) is 0 Å². The average Bonchev–Trinajstić information content (AvgIpc) is 3.15. The van der Waals surface area contributed by atoms with E-state index in [1.807, 2.05) is 35.7 Å². The molecule has 6 heteroatoms. The lowest BCUT2D eigenvalue weighted by molar-refractivity contribution is 0.0949. The summed E-state index contributed by atoms with van der Waals surface area (Å²) in [6.07, 6.45) is 0. The van der Waals surface area contributed by atoms with Crippen LogP contribution < -0.4 is 14.8 Å².